The van der Waals surface area contributed by atoms with Gasteiger partial charge in [-0.25, -0.2) is 0 Å². The smallest absolute Gasteiger partial charge is 0.0540 e. The van der Waals surface area contributed by atoms with Gasteiger partial charge in [0.15, 0.2) is 0 Å². The third-order valence-corrected chi connectivity index (χ3v) is 5.68. The Hall–Kier alpha value is -4.36. The van der Waals surface area contributed by atoms with E-state index in [9.17, 15) is 0 Å². The Morgan fingerprint density at radius 1 is 0.394 bits per heavy atom. The quantitative estimate of drug-likeness (QED) is 0.246. The average Bonchev–Trinajstić information content (AvgIpc) is 2.90. The van der Waals surface area contributed by atoms with Crippen molar-refractivity contribution in [2.45, 2.75) is 0 Å². The predicted octanol–water partition coefficient (Wildman–Crippen LogP) is 8.99. The molecule has 5 rings (SSSR count). The van der Waals surface area contributed by atoms with E-state index in [1.807, 2.05) is 6.07 Å². The highest BCUT2D eigenvalue weighted by Crippen LogP contribution is 2.41. The largest absolute Gasteiger partial charge is 0.310 e. The molecule has 0 radical (unpaired) electrons. The van der Waals surface area contributed by atoms with E-state index in [0.717, 1.165) is 17.1 Å². The van der Waals surface area contributed by atoms with Gasteiger partial charge in [0.1, 0.15) is 0 Å². The number of para-hydroxylation sites is 3. The number of rotatable bonds is 6. The Morgan fingerprint density at radius 3 is 1.52 bits per heavy atom. The summed E-state index contributed by atoms with van der Waals surface area (Å²) < 4.78 is 0. The molecule has 5 aromatic rings. The van der Waals surface area contributed by atoms with Crippen molar-refractivity contribution < 1.29 is 0 Å². The third kappa shape index (κ3) is 4.63. The van der Waals surface area contributed by atoms with Gasteiger partial charge in [-0.3, -0.25) is 0 Å². The van der Waals surface area contributed by atoms with Crippen LogP contribution in [-0.4, -0.2) is 0 Å². The summed E-state index contributed by atoms with van der Waals surface area (Å²) in [6, 6.07) is 48.8. The zero-order valence-corrected chi connectivity index (χ0v) is 18.4. The van der Waals surface area contributed by atoms with Gasteiger partial charge in [-0.1, -0.05) is 121 Å². The minimum absolute atomic E-state index is 1.13. The lowest BCUT2D eigenvalue weighted by molar-refractivity contribution is 1.28. The first-order valence-electron chi connectivity index (χ1n) is 11.2. The highest BCUT2D eigenvalue weighted by Gasteiger charge is 2.17. The van der Waals surface area contributed by atoms with E-state index < -0.39 is 0 Å². The summed E-state index contributed by atoms with van der Waals surface area (Å²) >= 11 is 0. The van der Waals surface area contributed by atoms with E-state index in [2.05, 4.69) is 151 Å². The summed E-state index contributed by atoms with van der Waals surface area (Å²) in [7, 11) is 0. The fraction of sp³-hybridized carbons (Fsp3) is 0. The number of nitrogens with zero attached hydrogens (tertiary/aromatic N) is 1. The van der Waals surface area contributed by atoms with Gasteiger partial charge in [-0.15, -0.1) is 0 Å². The standard InChI is InChI=1S/C32H25N/c1-4-14-26(15-5-1)24-25-27-16-10-11-21-30(27)31-22-12-13-23-32(31)33(28-17-6-2-7-18-28)29-19-8-3-9-20-29/h1-25H. The number of benzene rings is 5. The van der Waals surface area contributed by atoms with Gasteiger partial charge < -0.3 is 4.90 Å². The minimum Gasteiger partial charge on any atom is -0.310 e. The molecule has 0 fully saturated rings. The van der Waals surface area contributed by atoms with Gasteiger partial charge in [0, 0.05) is 16.9 Å². The van der Waals surface area contributed by atoms with Crippen LogP contribution in [0.4, 0.5) is 17.1 Å². The fourth-order valence-electron chi connectivity index (χ4n) is 4.12. The molecule has 0 bridgehead atoms. The lowest BCUT2D eigenvalue weighted by Gasteiger charge is -2.28. The Balaban J connectivity index is 1.65. The van der Waals surface area contributed by atoms with Crippen LogP contribution < -0.4 is 4.90 Å². The second-order valence-electron chi connectivity index (χ2n) is 7.85. The van der Waals surface area contributed by atoms with Crippen LogP contribution in [0.3, 0.4) is 0 Å². The van der Waals surface area contributed by atoms with Crippen molar-refractivity contribution in [3.8, 4) is 11.1 Å². The average molecular weight is 424 g/mol. The lowest BCUT2D eigenvalue weighted by atomic mass is 9.96. The highest BCUT2D eigenvalue weighted by molar-refractivity contribution is 5.91. The molecule has 0 aliphatic rings. The van der Waals surface area contributed by atoms with Crippen molar-refractivity contribution in [3.05, 3.63) is 151 Å². The summed E-state index contributed by atoms with van der Waals surface area (Å²) in [6.07, 6.45) is 4.38. The molecule has 5 aromatic carbocycles. The summed E-state index contributed by atoms with van der Waals surface area (Å²) in [4.78, 5) is 2.33. The Labute approximate surface area is 195 Å². The summed E-state index contributed by atoms with van der Waals surface area (Å²) in [6.45, 7) is 0. The first kappa shape index (κ1) is 20.5. The molecule has 0 spiro atoms. The van der Waals surface area contributed by atoms with Crippen molar-refractivity contribution in [1.29, 1.82) is 0 Å². The molecule has 0 N–H and O–H groups in total. The molecule has 0 aromatic heterocycles. The molecular formula is C32H25N. The van der Waals surface area contributed by atoms with Crippen molar-refractivity contribution in [2.24, 2.45) is 0 Å². The molecule has 0 unspecified atom stereocenters. The van der Waals surface area contributed by atoms with Crippen molar-refractivity contribution in [3.63, 3.8) is 0 Å². The van der Waals surface area contributed by atoms with Gasteiger partial charge >= 0.3 is 0 Å². The Morgan fingerprint density at radius 2 is 0.879 bits per heavy atom. The molecular weight excluding hydrogens is 398 g/mol. The summed E-state index contributed by atoms with van der Waals surface area (Å²) in [5.74, 6) is 0. The maximum Gasteiger partial charge on any atom is 0.0540 e. The van der Waals surface area contributed by atoms with Gasteiger partial charge in [0.2, 0.25) is 0 Å². The van der Waals surface area contributed by atoms with Crippen molar-refractivity contribution in [1.82, 2.24) is 0 Å². The van der Waals surface area contributed by atoms with Crippen LogP contribution in [0.2, 0.25) is 0 Å². The molecule has 0 saturated heterocycles. The second kappa shape index (κ2) is 9.84. The molecule has 0 amide bonds. The second-order valence-corrected chi connectivity index (χ2v) is 7.85. The van der Waals surface area contributed by atoms with Gasteiger partial charge in [-0.2, -0.15) is 0 Å². The van der Waals surface area contributed by atoms with Crippen LogP contribution in [0.5, 0.6) is 0 Å². The maximum atomic E-state index is 2.33. The zero-order chi connectivity index (χ0) is 22.3. The predicted molar refractivity (Wildman–Crippen MR) is 142 cm³/mol. The van der Waals surface area contributed by atoms with E-state index in [4.69, 9.17) is 0 Å². The third-order valence-electron chi connectivity index (χ3n) is 5.68. The summed E-state index contributed by atoms with van der Waals surface area (Å²) in [5, 5.41) is 0. The Kier molecular flexibility index (Phi) is 6.13. The van der Waals surface area contributed by atoms with Crippen LogP contribution in [0.25, 0.3) is 23.3 Å². The van der Waals surface area contributed by atoms with Gasteiger partial charge in [0.25, 0.3) is 0 Å². The number of hydrogen-bond acceptors (Lipinski definition) is 1. The molecule has 1 nitrogen and oxygen atoms in total. The molecule has 0 atom stereocenters. The van der Waals surface area contributed by atoms with Crippen LogP contribution >= 0.6 is 0 Å². The zero-order valence-electron chi connectivity index (χ0n) is 18.4. The molecule has 0 heterocycles. The summed E-state index contributed by atoms with van der Waals surface area (Å²) in [5.41, 5.74) is 8.19. The first-order chi connectivity index (χ1) is 16.4. The number of anilines is 3. The van der Waals surface area contributed by atoms with Crippen molar-refractivity contribution in [2.75, 3.05) is 4.90 Å². The SMILES string of the molecule is C(=Cc1ccccc1-c1ccccc1N(c1ccccc1)c1ccccc1)c1ccccc1. The van der Waals surface area contributed by atoms with E-state index in [1.165, 1.54) is 22.3 Å². The van der Waals surface area contributed by atoms with E-state index in [1.54, 1.807) is 0 Å². The maximum absolute atomic E-state index is 2.33. The molecule has 1 heteroatoms. The van der Waals surface area contributed by atoms with Crippen LogP contribution in [0.15, 0.2) is 140 Å². The topological polar surface area (TPSA) is 3.24 Å². The Bertz CT molecular complexity index is 1300. The lowest BCUT2D eigenvalue weighted by Crippen LogP contribution is -2.11. The van der Waals surface area contributed by atoms with E-state index >= 15 is 0 Å². The van der Waals surface area contributed by atoms with Crippen LogP contribution in [-0.2, 0) is 0 Å². The molecule has 33 heavy (non-hydrogen) atoms. The molecule has 0 saturated carbocycles. The normalized spacial score (nSPS) is 10.9. The van der Waals surface area contributed by atoms with E-state index in [0.29, 0.717) is 0 Å². The monoisotopic (exact) mass is 423 g/mol. The van der Waals surface area contributed by atoms with Crippen LogP contribution in [0, 0.1) is 0 Å². The first-order valence-corrected chi connectivity index (χ1v) is 11.2. The van der Waals surface area contributed by atoms with Gasteiger partial charge in [0.05, 0.1) is 5.69 Å². The van der Waals surface area contributed by atoms with Crippen LogP contribution in [0.1, 0.15) is 11.1 Å². The minimum atomic E-state index is 1.13. The number of hydrogen-bond donors (Lipinski definition) is 0. The molecule has 0 aliphatic heterocycles. The molecule has 0 aliphatic carbocycles. The van der Waals surface area contributed by atoms with Crippen molar-refractivity contribution >= 4 is 29.2 Å². The van der Waals surface area contributed by atoms with E-state index in [-0.39, 0.29) is 0 Å². The fourth-order valence-corrected chi connectivity index (χ4v) is 4.12. The highest BCUT2D eigenvalue weighted by atomic mass is 15.1. The van der Waals surface area contributed by atoms with Gasteiger partial charge in [-0.05, 0) is 47.0 Å². The molecule has 158 valence electrons.